The van der Waals surface area contributed by atoms with Crippen molar-refractivity contribution in [3.8, 4) is 0 Å². The van der Waals surface area contributed by atoms with Crippen molar-refractivity contribution in [1.29, 1.82) is 0 Å². The van der Waals surface area contributed by atoms with E-state index in [9.17, 15) is 0 Å². The van der Waals surface area contributed by atoms with Crippen LogP contribution in [0, 0.1) is 0 Å². The van der Waals surface area contributed by atoms with Gasteiger partial charge in [0.05, 0.1) is 0 Å². The summed E-state index contributed by atoms with van der Waals surface area (Å²) in [4.78, 5) is 0. The van der Waals surface area contributed by atoms with Crippen molar-refractivity contribution in [2.75, 3.05) is 0 Å². The molecule has 0 atom stereocenters. The molecule has 9 aromatic carbocycles. The van der Waals surface area contributed by atoms with Gasteiger partial charge in [-0.05, 0) is 0 Å². The Bertz CT molecular complexity index is 2110. The first-order chi connectivity index (χ1) is 30.2. The van der Waals surface area contributed by atoms with Crippen LogP contribution in [0.4, 0.5) is 0 Å². The SMILES string of the molecule is c1ccc([Si]([O][V]([O][Si](c2ccccc2)(c2ccccc2)c2ccccc2)[O][Si](c2ccccc2)(c2ccccc2)c2ccccc2)(c2ccccc2)c2ccccc2)cc1. The molecule has 0 unspecified atom stereocenters. The van der Waals surface area contributed by atoms with Crippen LogP contribution in [-0.4, -0.2) is 25.0 Å². The summed E-state index contributed by atoms with van der Waals surface area (Å²) >= 11 is -3.56. The normalized spacial score (nSPS) is 12.0. The Balaban J connectivity index is 1.39. The molecule has 296 valence electrons. The third-order valence-electron chi connectivity index (χ3n) is 11.3. The molecule has 0 saturated heterocycles. The van der Waals surface area contributed by atoms with Gasteiger partial charge in [-0.15, -0.1) is 0 Å². The van der Waals surface area contributed by atoms with Gasteiger partial charge < -0.3 is 0 Å². The molecule has 0 N–H and O–H groups in total. The van der Waals surface area contributed by atoms with Crippen LogP contribution in [0.15, 0.2) is 273 Å². The van der Waals surface area contributed by atoms with E-state index in [4.69, 9.17) is 10.1 Å². The van der Waals surface area contributed by atoms with E-state index in [-0.39, 0.29) is 0 Å². The van der Waals surface area contributed by atoms with E-state index >= 15 is 0 Å². The molecule has 0 bridgehead atoms. The fourth-order valence-corrected chi connectivity index (χ4v) is 28.6. The van der Waals surface area contributed by atoms with Gasteiger partial charge in [-0.1, -0.05) is 0 Å². The van der Waals surface area contributed by atoms with Crippen molar-refractivity contribution in [3.63, 3.8) is 0 Å². The van der Waals surface area contributed by atoms with E-state index in [1.165, 1.54) is 0 Å². The Morgan fingerprint density at radius 1 is 0.180 bits per heavy atom. The van der Waals surface area contributed by atoms with Crippen LogP contribution in [0.1, 0.15) is 0 Å². The Morgan fingerprint density at radius 3 is 0.410 bits per heavy atom. The second-order valence-corrected chi connectivity index (χ2v) is 27.9. The predicted molar refractivity (Wildman–Crippen MR) is 255 cm³/mol. The summed E-state index contributed by atoms with van der Waals surface area (Å²) < 4.78 is 25.0. The van der Waals surface area contributed by atoms with E-state index in [0.29, 0.717) is 0 Å². The van der Waals surface area contributed by atoms with Crippen molar-refractivity contribution < 1.29 is 26.3 Å². The summed E-state index contributed by atoms with van der Waals surface area (Å²) in [5.74, 6) is 0. The summed E-state index contributed by atoms with van der Waals surface area (Å²) in [6.45, 7) is 0. The molecule has 3 nitrogen and oxygen atoms in total. The van der Waals surface area contributed by atoms with Gasteiger partial charge in [0.15, 0.2) is 0 Å². The van der Waals surface area contributed by atoms with E-state index in [1.54, 1.807) is 0 Å². The topological polar surface area (TPSA) is 27.7 Å². The van der Waals surface area contributed by atoms with E-state index in [0.717, 1.165) is 46.7 Å². The molecule has 0 aliphatic carbocycles. The molecule has 0 aromatic heterocycles. The summed E-state index contributed by atoms with van der Waals surface area (Å²) in [5, 5.41) is 10.1. The molecule has 0 spiro atoms. The molecular formula is C54H45O3Si3V. The van der Waals surface area contributed by atoms with Crippen molar-refractivity contribution in [1.82, 2.24) is 0 Å². The van der Waals surface area contributed by atoms with Crippen LogP contribution in [0.2, 0.25) is 0 Å². The Hall–Kier alpha value is -5.90. The van der Waals surface area contributed by atoms with Gasteiger partial charge in [0.1, 0.15) is 0 Å². The molecule has 9 rings (SSSR count). The second-order valence-electron chi connectivity index (χ2n) is 14.8. The van der Waals surface area contributed by atoms with Crippen molar-refractivity contribution in [3.05, 3.63) is 273 Å². The molecular weight excluding hydrogens is 832 g/mol. The minimum absolute atomic E-state index is 1.12. The van der Waals surface area contributed by atoms with E-state index < -0.39 is 41.2 Å². The zero-order chi connectivity index (χ0) is 41.2. The van der Waals surface area contributed by atoms with Gasteiger partial charge in [-0.3, -0.25) is 0 Å². The van der Waals surface area contributed by atoms with Crippen LogP contribution < -0.4 is 46.7 Å². The molecule has 9 aromatic rings. The van der Waals surface area contributed by atoms with Gasteiger partial charge in [-0.2, -0.15) is 0 Å². The summed E-state index contributed by atoms with van der Waals surface area (Å²) in [6, 6.07) is 97.1. The number of benzene rings is 9. The van der Waals surface area contributed by atoms with Gasteiger partial charge in [0, 0.05) is 0 Å². The first-order valence-electron chi connectivity index (χ1n) is 20.6. The standard InChI is InChI=1S/3C18H15OSi.V/c3*19-20(16-10-4-1-5-11-16,17-12-6-2-7-13-17)18-14-8-3-9-15-18;/h3*1-15H;/q3*-1;+3. The second kappa shape index (κ2) is 18.8. The van der Waals surface area contributed by atoms with Crippen molar-refractivity contribution >= 4 is 71.6 Å². The predicted octanol–water partition coefficient (Wildman–Crippen LogP) is 6.40. The minimum atomic E-state index is -3.56. The number of hydrogen-bond acceptors (Lipinski definition) is 3. The van der Waals surface area contributed by atoms with E-state index in [2.05, 4.69) is 273 Å². The molecule has 0 amide bonds. The third kappa shape index (κ3) is 8.04. The van der Waals surface area contributed by atoms with Crippen molar-refractivity contribution in [2.24, 2.45) is 0 Å². The third-order valence-corrected chi connectivity index (χ3v) is 28.8. The zero-order valence-electron chi connectivity index (χ0n) is 33.7. The Morgan fingerprint density at radius 2 is 0.295 bits per heavy atom. The molecule has 0 heterocycles. The fourth-order valence-electron chi connectivity index (χ4n) is 8.42. The first kappa shape index (κ1) is 40.5. The molecule has 0 aliphatic rings. The van der Waals surface area contributed by atoms with Gasteiger partial charge in [0.25, 0.3) is 0 Å². The number of rotatable bonds is 15. The summed E-state index contributed by atoms with van der Waals surface area (Å²) in [7, 11) is -10.3. The maximum absolute atomic E-state index is 8.35. The quantitative estimate of drug-likeness (QED) is 0.0883. The molecule has 7 heteroatoms. The molecule has 0 radical (unpaired) electrons. The van der Waals surface area contributed by atoms with Crippen molar-refractivity contribution in [2.45, 2.75) is 0 Å². The van der Waals surface area contributed by atoms with Crippen LogP contribution in [0.3, 0.4) is 0 Å². The van der Waals surface area contributed by atoms with Crippen LogP contribution in [0.5, 0.6) is 0 Å². The summed E-state index contributed by atoms with van der Waals surface area (Å²) in [5.41, 5.74) is 0. The number of hydrogen-bond donors (Lipinski definition) is 0. The van der Waals surface area contributed by atoms with Crippen LogP contribution in [0.25, 0.3) is 0 Å². The maximum atomic E-state index is 8.35. The molecule has 0 fully saturated rings. The summed E-state index contributed by atoms with van der Waals surface area (Å²) in [6.07, 6.45) is 0. The Kier molecular flexibility index (Phi) is 12.5. The van der Waals surface area contributed by atoms with Gasteiger partial charge in [-0.25, -0.2) is 0 Å². The molecule has 0 saturated carbocycles. The zero-order valence-corrected chi connectivity index (χ0v) is 38.0. The fraction of sp³-hybridized carbons (Fsp3) is 0. The average Bonchev–Trinajstić information content (AvgIpc) is 3.36. The average molecular weight is 877 g/mol. The first-order valence-corrected chi connectivity index (χ1v) is 28.0. The monoisotopic (exact) mass is 876 g/mol. The van der Waals surface area contributed by atoms with E-state index in [1.807, 2.05) is 0 Å². The Labute approximate surface area is 368 Å². The molecule has 61 heavy (non-hydrogen) atoms. The van der Waals surface area contributed by atoms with Crippen LogP contribution in [-0.2, 0) is 26.3 Å². The van der Waals surface area contributed by atoms with Gasteiger partial charge in [0.2, 0.25) is 0 Å². The van der Waals surface area contributed by atoms with Gasteiger partial charge >= 0.3 is 371 Å². The molecule has 0 aliphatic heterocycles. The van der Waals surface area contributed by atoms with Crippen LogP contribution >= 0.6 is 0 Å².